The van der Waals surface area contributed by atoms with Gasteiger partial charge in [-0.25, -0.2) is 0 Å². The van der Waals surface area contributed by atoms with Gasteiger partial charge in [-0.1, -0.05) is 41.6 Å². The number of rotatable bonds is 8. The van der Waals surface area contributed by atoms with Crippen LogP contribution in [0.2, 0.25) is 5.02 Å². The summed E-state index contributed by atoms with van der Waals surface area (Å²) in [4.78, 5) is 22.5. The van der Waals surface area contributed by atoms with Crippen LogP contribution in [0.25, 0.3) is 0 Å². The number of carbonyl (C=O) groups excluding carboxylic acids is 1. The lowest BCUT2D eigenvalue weighted by Gasteiger charge is -2.07. The van der Waals surface area contributed by atoms with Crippen molar-refractivity contribution in [3.63, 3.8) is 0 Å². The number of thioether (sulfide) groups is 1. The first-order valence-corrected chi connectivity index (χ1v) is 9.73. The Morgan fingerprint density at radius 2 is 2.03 bits per heavy atom. The van der Waals surface area contributed by atoms with E-state index in [9.17, 15) is 14.9 Å². The second-order valence-electron chi connectivity index (χ2n) is 5.82. The third-order valence-corrected chi connectivity index (χ3v) is 5.14. The highest BCUT2D eigenvalue weighted by Crippen LogP contribution is 2.27. The van der Waals surface area contributed by atoms with E-state index in [1.807, 2.05) is 30.3 Å². The summed E-state index contributed by atoms with van der Waals surface area (Å²) in [7, 11) is 1.78. The third kappa shape index (κ3) is 5.46. The van der Waals surface area contributed by atoms with E-state index in [-0.39, 0.29) is 29.0 Å². The molecule has 1 heterocycles. The van der Waals surface area contributed by atoms with Crippen molar-refractivity contribution in [3.8, 4) is 5.75 Å². The highest BCUT2D eigenvalue weighted by atomic mass is 35.5. The van der Waals surface area contributed by atoms with Gasteiger partial charge in [-0.05, 0) is 24.3 Å². The molecule has 0 saturated heterocycles. The number of ether oxygens (including phenoxy) is 1. The molecule has 29 heavy (non-hydrogen) atoms. The SMILES string of the molecule is Cn1c(COc2ccccc2)nnc1SCC(=O)Nc1ccc(Cl)c([N+](=O)[O-])c1. The minimum absolute atomic E-state index is 0.00621. The summed E-state index contributed by atoms with van der Waals surface area (Å²) in [5.74, 6) is 1.06. The molecule has 0 radical (unpaired) electrons. The van der Waals surface area contributed by atoms with Gasteiger partial charge >= 0.3 is 0 Å². The van der Waals surface area contributed by atoms with E-state index in [1.165, 1.54) is 30.0 Å². The van der Waals surface area contributed by atoms with Crippen molar-refractivity contribution >= 4 is 40.6 Å². The number of para-hydroxylation sites is 1. The number of amides is 1. The number of anilines is 1. The highest BCUT2D eigenvalue weighted by Gasteiger charge is 2.15. The molecule has 3 aromatic rings. The minimum Gasteiger partial charge on any atom is -0.486 e. The molecule has 0 bridgehead atoms. The van der Waals surface area contributed by atoms with Crippen LogP contribution >= 0.6 is 23.4 Å². The summed E-state index contributed by atoms with van der Waals surface area (Å²) in [6, 6.07) is 13.4. The van der Waals surface area contributed by atoms with E-state index in [0.717, 1.165) is 5.75 Å². The molecular formula is C18H16ClN5O4S. The topological polar surface area (TPSA) is 112 Å². The predicted molar refractivity (Wildman–Crippen MR) is 109 cm³/mol. The fourth-order valence-corrected chi connectivity index (χ4v) is 3.24. The van der Waals surface area contributed by atoms with Crippen molar-refractivity contribution in [1.82, 2.24) is 14.8 Å². The number of halogens is 1. The number of carbonyl (C=O) groups is 1. The Bertz CT molecular complexity index is 1030. The Labute approximate surface area is 175 Å². The summed E-state index contributed by atoms with van der Waals surface area (Å²) in [5, 5.41) is 22.2. The summed E-state index contributed by atoms with van der Waals surface area (Å²) in [6.45, 7) is 0.245. The lowest BCUT2D eigenvalue weighted by atomic mass is 10.3. The number of aromatic nitrogens is 3. The molecule has 2 aromatic carbocycles. The second-order valence-corrected chi connectivity index (χ2v) is 7.17. The molecule has 0 aliphatic carbocycles. The first-order chi connectivity index (χ1) is 13.9. The van der Waals surface area contributed by atoms with Crippen LogP contribution in [0.5, 0.6) is 5.75 Å². The summed E-state index contributed by atoms with van der Waals surface area (Å²) < 4.78 is 7.40. The monoisotopic (exact) mass is 433 g/mol. The van der Waals surface area contributed by atoms with Crippen LogP contribution in [0.3, 0.4) is 0 Å². The zero-order valence-corrected chi connectivity index (χ0v) is 16.8. The molecule has 0 saturated carbocycles. The molecule has 0 unspecified atom stereocenters. The number of benzene rings is 2. The van der Waals surface area contributed by atoms with Crippen molar-refractivity contribution in [2.24, 2.45) is 7.05 Å². The van der Waals surface area contributed by atoms with Crippen LogP contribution in [-0.2, 0) is 18.4 Å². The van der Waals surface area contributed by atoms with Crippen molar-refractivity contribution in [2.75, 3.05) is 11.1 Å². The average Bonchev–Trinajstić information content (AvgIpc) is 3.06. The number of nitro groups is 1. The largest absolute Gasteiger partial charge is 0.486 e. The van der Waals surface area contributed by atoms with Crippen LogP contribution in [0.15, 0.2) is 53.7 Å². The molecule has 0 fully saturated rings. The number of hydrogen-bond acceptors (Lipinski definition) is 7. The lowest BCUT2D eigenvalue weighted by Crippen LogP contribution is -2.14. The lowest BCUT2D eigenvalue weighted by molar-refractivity contribution is -0.384. The molecule has 1 amide bonds. The highest BCUT2D eigenvalue weighted by molar-refractivity contribution is 7.99. The van der Waals surface area contributed by atoms with Crippen molar-refractivity contribution in [1.29, 1.82) is 0 Å². The Balaban J connectivity index is 1.55. The smallest absolute Gasteiger partial charge is 0.289 e. The van der Waals surface area contributed by atoms with E-state index < -0.39 is 4.92 Å². The van der Waals surface area contributed by atoms with Gasteiger partial charge in [-0.2, -0.15) is 0 Å². The maximum Gasteiger partial charge on any atom is 0.289 e. The summed E-state index contributed by atoms with van der Waals surface area (Å²) in [5.41, 5.74) is 0.0232. The number of nitrogens with one attached hydrogen (secondary N) is 1. The van der Waals surface area contributed by atoms with Crippen molar-refractivity contribution in [2.45, 2.75) is 11.8 Å². The van der Waals surface area contributed by atoms with Crippen LogP contribution in [0.1, 0.15) is 5.82 Å². The van der Waals surface area contributed by atoms with Gasteiger partial charge in [0.2, 0.25) is 5.91 Å². The van der Waals surface area contributed by atoms with E-state index in [0.29, 0.717) is 16.7 Å². The Kier molecular flexibility index (Phi) is 6.68. The van der Waals surface area contributed by atoms with Crippen LogP contribution in [0, 0.1) is 10.1 Å². The van der Waals surface area contributed by atoms with Gasteiger partial charge in [0, 0.05) is 18.8 Å². The molecule has 150 valence electrons. The summed E-state index contributed by atoms with van der Waals surface area (Å²) in [6.07, 6.45) is 0. The predicted octanol–water partition coefficient (Wildman–Crippen LogP) is 3.69. The zero-order chi connectivity index (χ0) is 20.8. The molecule has 0 spiro atoms. The fraction of sp³-hybridized carbons (Fsp3) is 0.167. The number of nitrogens with zero attached hydrogens (tertiary/aromatic N) is 4. The zero-order valence-electron chi connectivity index (χ0n) is 15.2. The molecular weight excluding hydrogens is 418 g/mol. The van der Waals surface area contributed by atoms with Crippen LogP contribution in [-0.4, -0.2) is 31.3 Å². The van der Waals surface area contributed by atoms with E-state index >= 15 is 0 Å². The molecule has 1 N–H and O–H groups in total. The maximum atomic E-state index is 12.2. The van der Waals surface area contributed by atoms with Crippen molar-refractivity contribution < 1.29 is 14.5 Å². The summed E-state index contributed by atoms with van der Waals surface area (Å²) >= 11 is 6.96. The van der Waals surface area contributed by atoms with Gasteiger partial charge in [0.05, 0.1) is 10.7 Å². The van der Waals surface area contributed by atoms with Crippen molar-refractivity contribution in [3.05, 3.63) is 69.5 Å². The third-order valence-electron chi connectivity index (χ3n) is 3.80. The van der Waals surface area contributed by atoms with Gasteiger partial charge in [0.1, 0.15) is 17.4 Å². The van der Waals surface area contributed by atoms with Gasteiger partial charge in [-0.15, -0.1) is 10.2 Å². The number of hydrogen-bond donors (Lipinski definition) is 1. The molecule has 0 aliphatic rings. The van der Waals surface area contributed by atoms with Crippen LogP contribution in [0.4, 0.5) is 11.4 Å². The number of nitro benzene ring substituents is 1. The molecule has 0 aliphatic heterocycles. The van der Waals surface area contributed by atoms with Gasteiger partial charge in [0.25, 0.3) is 5.69 Å². The minimum atomic E-state index is -0.606. The van der Waals surface area contributed by atoms with Gasteiger partial charge < -0.3 is 14.6 Å². The van der Waals surface area contributed by atoms with E-state index in [1.54, 1.807) is 11.6 Å². The molecule has 9 nitrogen and oxygen atoms in total. The Morgan fingerprint density at radius 3 is 2.76 bits per heavy atom. The fourth-order valence-electron chi connectivity index (χ4n) is 2.32. The first-order valence-electron chi connectivity index (χ1n) is 8.36. The normalized spacial score (nSPS) is 10.6. The molecule has 1 aromatic heterocycles. The Morgan fingerprint density at radius 1 is 1.28 bits per heavy atom. The Hall–Kier alpha value is -3.11. The van der Waals surface area contributed by atoms with E-state index in [4.69, 9.17) is 16.3 Å². The first kappa shape index (κ1) is 20.6. The van der Waals surface area contributed by atoms with Crippen LogP contribution < -0.4 is 10.1 Å². The molecule has 0 atom stereocenters. The quantitative estimate of drug-likeness (QED) is 0.327. The molecule has 3 rings (SSSR count). The van der Waals surface area contributed by atoms with E-state index in [2.05, 4.69) is 15.5 Å². The standard InChI is InChI=1S/C18H16ClN5O4S/c1-23-16(10-28-13-5-3-2-4-6-13)21-22-18(23)29-11-17(25)20-12-7-8-14(19)15(9-12)24(26)27/h2-9H,10-11H2,1H3,(H,20,25). The molecule has 11 heteroatoms. The van der Waals surface area contributed by atoms with Gasteiger partial charge in [-0.3, -0.25) is 14.9 Å². The maximum absolute atomic E-state index is 12.2. The second kappa shape index (κ2) is 9.39. The van der Waals surface area contributed by atoms with Gasteiger partial charge in [0.15, 0.2) is 11.0 Å². The average molecular weight is 434 g/mol.